The summed E-state index contributed by atoms with van der Waals surface area (Å²) in [7, 11) is 0. The summed E-state index contributed by atoms with van der Waals surface area (Å²) in [6.07, 6.45) is 0. The Morgan fingerprint density at radius 2 is 2.08 bits per heavy atom. The maximum absolute atomic E-state index is 9.10. The molecule has 13 heavy (non-hydrogen) atoms. The summed E-state index contributed by atoms with van der Waals surface area (Å²) in [5.74, 6) is 0. The molecule has 3 heteroatoms. The number of benzene rings is 1. The summed E-state index contributed by atoms with van der Waals surface area (Å²) >= 11 is 0. The monoisotopic (exact) mass is 180 g/mol. The Balaban J connectivity index is 3.22. The third-order valence-electron chi connectivity index (χ3n) is 2.32. The predicted octanol–water partition coefficient (Wildman–Crippen LogP) is 0.743. The van der Waals surface area contributed by atoms with Gasteiger partial charge in [0.15, 0.2) is 0 Å². The average Bonchev–Trinajstić information content (AvgIpc) is 2.09. The molecule has 1 atom stereocenters. The fourth-order valence-electron chi connectivity index (χ4n) is 1.36. The van der Waals surface area contributed by atoms with Crippen LogP contribution in [0.3, 0.4) is 0 Å². The van der Waals surface area contributed by atoms with Crippen LogP contribution in [0.4, 0.5) is 5.69 Å². The Morgan fingerprint density at radius 3 is 2.62 bits per heavy atom. The lowest BCUT2D eigenvalue weighted by molar-refractivity contribution is 0.209. The van der Waals surface area contributed by atoms with Gasteiger partial charge >= 0.3 is 0 Å². The van der Waals surface area contributed by atoms with Crippen LogP contribution in [0.5, 0.6) is 0 Å². The third kappa shape index (κ3) is 1.82. The average molecular weight is 180 g/mol. The molecule has 0 fully saturated rings. The number of hydrogen-bond acceptors (Lipinski definition) is 3. The van der Waals surface area contributed by atoms with Gasteiger partial charge in [-0.3, -0.25) is 0 Å². The lowest BCUT2D eigenvalue weighted by atomic mass is 9.90. The fraction of sp³-hybridized carbons (Fsp3) is 0.400. The summed E-state index contributed by atoms with van der Waals surface area (Å²) in [6, 6.07) is 5.56. The van der Waals surface area contributed by atoms with Gasteiger partial charge < -0.3 is 16.6 Å². The van der Waals surface area contributed by atoms with Crippen molar-refractivity contribution >= 4 is 5.69 Å². The molecule has 0 aliphatic carbocycles. The van der Waals surface area contributed by atoms with Gasteiger partial charge in [0.25, 0.3) is 0 Å². The first-order chi connectivity index (χ1) is 5.99. The molecule has 1 unspecified atom stereocenters. The number of rotatable bonds is 2. The molecule has 0 saturated heterocycles. The largest absolute Gasteiger partial charge is 0.399 e. The molecule has 0 aliphatic heterocycles. The molecule has 0 aliphatic rings. The Bertz CT molecular complexity index is 308. The molecule has 72 valence electrons. The van der Waals surface area contributed by atoms with Crippen molar-refractivity contribution < 1.29 is 5.11 Å². The maximum Gasteiger partial charge on any atom is 0.0650 e. The van der Waals surface area contributed by atoms with Gasteiger partial charge in [-0.1, -0.05) is 12.1 Å². The Morgan fingerprint density at radius 1 is 1.46 bits per heavy atom. The molecule has 0 amide bonds. The molecule has 1 aromatic carbocycles. The van der Waals surface area contributed by atoms with Crippen LogP contribution in [0.15, 0.2) is 18.2 Å². The van der Waals surface area contributed by atoms with Crippen molar-refractivity contribution in [2.75, 3.05) is 12.3 Å². The zero-order valence-electron chi connectivity index (χ0n) is 8.04. The molecule has 0 bridgehead atoms. The van der Waals surface area contributed by atoms with E-state index >= 15 is 0 Å². The van der Waals surface area contributed by atoms with Crippen molar-refractivity contribution in [3.8, 4) is 0 Å². The first-order valence-electron chi connectivity index (χ1n) is 4.24. The molecule has 0 saturated carbocycles. The topological polar surface area (TPSA) is 72.3 Å². The molecule has 1 aromatic rings. The number of aliphatic hydroxyl groups is 1. The Labute approximate surface area is 78.4 Å². The minimum atomic E-state index is -0.709. The Kier molecular flexibility index (Phi) is 2.59. The van der Waals surface area contributed by atoms with Crippen LogP contribution < -0.4 is 11.5 Å². The van der Waals surface area contributed by atoms with E-state index < -0.39 is 5.54 Å². The number of aliphatic hydroxyl groups excluding tert-OH is 1. The summed E-state index contributed by atoms with van der Waals surface area (Å²) in [4.78, 5) is 0. The van der Waals surface area contributed by atoms with E-state index in [4.69, 9.17) is 16.6 Å². The first-order valence-corrected chi connectivity index (χ1v) is 4.24. The summed E-state index contributed by atoms with van der Waals surface area (Å²) in [5, 5.41) is 9.10. The van der Waals surface area contributed by atoms with E-state index in [1.54, 1.807) is 6.92 Å². The highest BCUT2D eigenvalue weighted by Gasteiger charge is 2.22. The minimum Gasteiger partial charge on any atom is -0.399 e. The first kappa shape index (κ1) is 10.0. The highest BCUT2D eigenvalue weighted by Crippen LogP contribution is 2.24. The second kappa shape index (κ2) is 3.36. The lowest BCUT2D eigenvalue weighted by Crippen LogP contribution is -2.37. The molecule has 1 rings (SSSR count). The molecule has 0 spiro atoms. The molecule has 0 radical (unpaired) electrons. The van der Waals surface area contributed by atoms with Gasteiger partial charge in [-0.15, -0.1) is 0 Å². The van der Waals surface area contributed by atoms with Crippen LogP contribution in [-0.4, -0.2) is 11.7 Å². The van der Waals surface area contributed by atoms with Crippen LogP contribution >= 0.6 is 0 Å². The fourth-order valence-corrected chi connectivity index (χ4v) is 1.36. The smallest absolute Gasteiger partial charge is 0.0650 e. The minimum absolute atomic E-state index is 0.0860. The SMILES string of the molecule is Cc1c(N)cccc1C(C)(N)CO. The molecule has 5 N–H and O–H groups in total. The maximum atomic E-state index is 9.10. The van der Waals surface area contributed by atoms with E-state index in [1.165, 1.54) is 0 Å². The van der Waals surface area contributed by atoms with Crippen molar-refractivity contribution in [2.45, 2.75) is 19.4 Å². The van der Waals surface area contributed by atoms with Crippen LogP contribution in [0, 0.1) is 6.92 Å². The quantitative estimate of drug-likeness (QED) is 0.588. The zero-order valence-corrected chi connectivity index (χ0v) is 8.04. The van der Waals surface area contributed by atoms with Gasteiger partial charge in [-0.2, -0.15) is 0 Å². The van der Waals surface area contributed by atoms with E-state index in [0.29, 0.717) is 5.69 Å². The van der Waals surface area contributed by atoms with Crippen molar-refractivity contribution in [2.24, 2.45) is 5.73 Å². The van der Waals surface area contributed by atoms with Gasteiger partial charge in [0.05, 0.1) is 12.1 Å². The molecule has 0 heterocycles. The van der Waals surface area contributed by atoms with E-state index in [2.05, 4.69) is 0 Å². The Hall–Kier alpha value is -1.06. The molecular formula is C10H16N2O. The standard InChI is InChI=1S/C10H16N2O/c1-7-8(10(2,12)6-13)4-3-5-9(7)11/h3-5,13H,6,11-12H2,1-2H3. The molecular weight excluding hydrogens is 164 g/mol. The van der Waals surface area contributed by atoms with Crippen molar-refractivity contribution in [1.29, 1.82) is 0 Å². The second-order valence-electron chi connectivity index (χ2n) is 3.60. The highest BCUT2D eigenvalue weighted by atomic mass is 16.3. The van der Waals surface area contributed by atoms with E-state index in [9.17, 15) is 0 Å². The van der Waals surface area contributed by atoms with Crippen LogP contribution in [-0.2, 0) is 5.54 Å². The highest BCUT2D eigenvalue weighted by molar-refractivity contribution is 5.51. The van der Waals surface area contributed by atoms with E-state index in [1.807, 2.05) is 25.1 Å². The van der Waals surface area contributed by atoms with E-state index in [-0.39, 0.29) is 6.61 Å². The number of anilines is 1. The summed E-state index contributed by atoms with van der Waals surface area (Å²) < 4.78 is 0. The van der Waals surface area contributed by atoms with Crippen molar-refractivity contribution in [3.63, 3.8) is 0 Å². The van der Waals surface area contributed by atoms with Gasteiger partial charge in [0.2, 0.25) is 0 Å². The van der Waals surface area contributed by atoms with Crippen molar-refractivity contribution in [1.82, 2.24) is 0 Å². The summed E-state index contributed by atoms with van der Waals surface area (Å²) in [6.45, 7) is 3.61. The van der Waals surface area contributed by atoms with Gasteiger partial charge in [-0.05, 0) is 31.0 Å². The lowest BCUT2D eigenvalue weighted by Gasteiger charge is -2.24. The molecule has 3 nitrogen and oxygen atoms in total. The number of hydrogen-bond donors (Lipinski definition) is 3. The van der Waals surface area contributed by atoms with Gasteiger partial charge in [0, 0.05) is 5.69 Å². The predicted molar refractivity (Wildman–Crippen MR) is 54.2 cm³/mol. The zero-order chi connectivity index (χ0) is 10.1. The normalized spacial score (nSPS) is 15.4. The second-order valence-corrected chi connectivity index (χ2v) is 3.60. The van der Waals surface area contributed by atoms with Crippen LogP contribution in [0.25, 0.3) is 0 Å². The van der Waals surface area contributed by atoms with Crippen LogP contribution in [0.1, 0.15) is 18.1 Å². The number of nitrogens with two attached hydrogens (primary N) is 2. The van der Waals surface area contributed by atoms with Gasteiger partial charge in [-0.25, -0.2) is 0 Å². The summed E-state index contributed by atoms with van der Waals surface area (Å²) in [5.41, 5.74) is 13.5. The third-order valence-corrected chi connectivity index (χ3v) is 2.32. The van der Waals surface area contributed by atoms with E-state index in [0.717, 1.165) is 11.1 Å². The van der Waals surface area contributed by atoms with Gasteiger partial charge in [0.1, 0.15) is 0 Å². The van der Waals surface area contributed by atoms with Crippen molar-refractivity contribution in [3.05, 3.63) is 29.3 Å². The van der Waals surface area contributed by atoms with Crippen LogP contribution in [0.2, 0.25) is 0 Å². The number of nitrogen functional groups attached to an aromatic ring is 1. The molecule has 0 aromatic heterocycles.